The minimum atomic E-state index is -1.05. The van der Waals surface area contributed by atoms with Crippen LogP contribution < -0.4 is 16.4 Å². The zero-order valence-electron chi connectivity index (χ0n) is 22.1. The van der Waals surface area contributed by atoms with Crippen LogP contribution >= 0.6 is 0 Å². The van der Waals surface area contributed by atoms with Crippen LogP contribution in [0.4, 0.5) is 14.5 Å². The molecule has 200 valence electrons. The second kappa shape index (κ2) is 10.5. The summed E-state index contributed by atoms with van der Waals surface area (Å²) in [7, 11) is 0. The van der Waals surface area contributed by atoms with E-state index in [0.717, 1.165) is 43.5 Å². The summed E-state index contributed by atoms with van der Waals surface area (Å²) in [6.45, 7) is 7.91. The summed E-state index contributed by atoms with van der Waals surface area (Å²) in [6.07, 6.45) is 6.96. The van der Waals surface area contributed by atoms with Crippen LogP contribution in [0.15, 0.2) is 42.7 Å². The van der Waals surface area contributed by atoms with Crippen LogP contribution in [0.3, 0.4) is 0 Å². The number of hydrogen-bond acceptors (Lipinski definition) is 4. The molecule has 1 aromatic carbocycles. The van der Waals surface area contributed by atoms with Crippen molar-refractivity contribution in [3.8, 4) is 0 Å². The molecule has 2 saturated carbocycles. The van der Waals surface area contributed by atoms with Crippen molar-refractivity contribution in [3.05, 3.63) is 59.9 Å². The Balaban J connectivity index is 1.42. The molecule has 4 rings (SSSR count). The molecule has 6 atom stereocenters. The van der Waals surface area contributed by atoms with Crippen LogP contribution in [0.5, 0.6) is 0 Å². The van der Waals surface area contributed by atoms with Gasteiger partial charge in [-0.15, -0.1) is 0 Å². The van der Waals surface area contributed by atoms with Crippen molar-refractivity contribution in [3.63, 3.8) is 0 Å². The number of benzene rings is 1. The quantitative estimate of drug-likeness (QED) is 0.497. The zero-order valence-corrected chi connectivity index (χ0v) is 22.1. The third-order valence-electron chi connectivity index (χ3n) is 8.68. The van der Waals surface area contributed by atoms with Crippen LogP contribution in [-0.2, 0) is 15.0 Å². The number of anilines is 1. The lowest BCUT2D eigenvalue weighted by molar-refractivity contribution is -0.131. The Kier molecular flexibility index (Phi) is 7.70. The number of fused-ring (bicyclic) bond motifs is 2. The van der Waals surface area contributed by atoms with Gasteiger partial charge in [0.1, 0.15) is 0 Å². The highest BCUT2D eigenvalue weighted by molar-refractivity contribution is 5.95. The molecule has 6 unspecified atom stereocenters. The molecule has 0 aliphatic heterocycles. The summed E-state index contributed by atoms with van der Waals surface area (Å²) in [5.74, 6) is -0.903. The molecule has 37 heavy (non-hydrogen) atoms. The Bertz CT molecular complexity index is 1140. The third kappa shape index (κ3) is 5.69. The lowest BCUT2D eigenvalue weighted by Gasteiger charge is -2.51. The summed E-state index contributed by atoms with van der Waals surface area (Å²) in [5, 5.41) is 6.02. The predicted molar refractivity (Wildman–Crippen MR) is 139 cm³/mol. The highest BCUT2D eigenvalue weighted by Crippen LogP contribution is 2.53. The molecule has 2 aromatic rings. The van der Waals surface area contributed by atoms with Gasteiger partial charge in [0.2, 0.25) is 11.8 Å². The van der Waals surface area contributed by atoms with E-state index in [1.54, 1.807) is 38.4 Å². The van der Waals surface area contributed by atoms with Gasteiger partial charge < -0.3 is 16.4 Å². The maximum atomic E-state index is 13.8. The predicted octanol–water partition coefficient (Wildman–Crippen LogP) is 4.80. The van der Waals surface area contributed by atoms with Crippen LogP contribution in [0.25, 0.3) is 0 Å². The average molecular weight is 513 g/mol. The van der Waals surface area contributed by atoms with Crippen molar-refractivity contribution in [2.45, 2.75) is 64.8 Å². The zero-order chi connectivity index (χ0) is 27.0. The van der Waals surface area contributed by atoms with E-state index in [1.807, 2.05) is 6.92 Å². The Morgan fingerprint density at radius 3 is 2.51 bits per heavy atom. The molecule has 0 spiro atoms. The van der Waals surface area contributed by atoms with Gasteiger partial charge in [0.25, 0.3) is 0 Å². The van der Waals surface area contributed by atoms with Crippen LogP contribution in [0, 0.1) is 40.7 Å². The molecule has 2 aliphatic carbocycles. The Labute approximate surface area is 217 Å². The van der Waals surface area contributed by atoms with Gasteiger partial charge in [-0.1, -0.05) is 19.9 Å². The van der Waals surface area contributed by atoms with E-state index in [9.17, 15) is 18.4 Å². The molecule has 6 nitrogen and oxygen atoms in total. The minimum absolute atomic E-state index is 0.0249. The molecule has 1 heterocycles. The number of rotatable bonds is 7. The summed E-state index contributed by atoms with van der Waals surface area (Å²) >= 11 is 0. The van der Waals surface area contributed by atoms with Crippen molar-refractivity contribution < 1.29 is 18.4 Å². The maximum Gasteiger partial charge on any atom is 0.230 e. The molecule has 0 radical (unpaired) electrons. The monoisotopic (exact) mass is 512 g/mol. The lowest BCUT2D eigenvalue weighted by Crippen LogP contribution is -2.54. The number of nitrogens with two attached hydrogens (primary N) is 1. The van der Waals surface area contributed by atoms with E-state index in [-0.39, 0.29) is 36.2 Å². The third-order valence-corrected chi connectivity index (χ3v) is 8.68. The largest absolute Gasteiger partial charge is 0.354 e. The molecule has 0 saturated heterocycles. The van der Waals surface area contributed by atoms with Crippen molar-refractivity contribution in [1.82, 2.24) is 10.3 Å². The fourth-order valence-electron chi connectivity index (χ4n) is 6.77. The van der Waals surface area contributed by atoms with Gasteiger partial charge in [0, 0.05) is 36.1 Å². The van der Waals surface area contributed by atoms with E-state index >= 15 is 0 Å². The molecule has 2 amide bonds. The van der Waals surface area contributed by atoms with Gasteiger partial charge >= 0.3 is 0 Å². The van der Waals surface area contributed by atoms with Gasteiger partial charge in [0.15, 0.2) is 11.6 Å². The first kappa shape index (κ1) is 27.2. The summed E-state index contributed by atoms with van der Waals surface area (Å²) in [6, 6.07) is 6.83. The van der Waals surface area contributed by atoms with Crippen molar-refractivity contribution in [1.29, 1.82) is 0 Å². The van der Waals surface area contributed by atoms with Crippen LogP contribution in [0.2, 0.25) is 0 Å². The second-order valence-electron chi connectivity index (χ2n) is 11.9. The van der Waals surface area contributed by atoms with Gasteiger partial charge in [0.05, 0.1) is 5.41 Å². The average Bonchev–Trinajstić information content (AvgIpc) is 2.84. The molecular weight excluding hydrogens is 474 g/mol. The maximum absolute atomic E-state index is 13.8. The first-order valence-corrected chi connectivity index (χ1v) is 13.1. The fourth-order valence-corrected chi connectivity index (χ4v) is 6.77. The summed E-state index contributed by atoms with van der Waals surface area (Å²) in [5.41, 5.74) is 6.30. The standard InChI is InChI=1S/C29H38F2N4O2/c1-17-11-18-12-19(15-29(4,14-18)27(37)35-21-7-9-33-10-8-21)25(17)24(32)16-34-26(36)28(2,3)20-5-6-22(30)23(31)13-20/h5-10,13,17-19,24-25H,11-12,14-16,32H2,1-4H3,(H,34,36)(H,33,35,37). The minimum Gasteiger partial charge on any atom is -0.354 e. The summed E-state index contributed by atoms with van der Waals surface area (Å²) in [4.78, 5) is 30.4. The first-order chi connectivity index (χ1) is 17.4. The Hall–Kier alpha value is -2.87. The first-order valence-electron chi connectivity index (χ1n) is 13.1. The van der Waals surface area contributed by atoms with E-state index in [2.05, 4.69) is 22.5 Å². The molecule has 4 N–H and O–H groups in total. The van der Waals surface area contributed by atoms with E-state index in [1.165, 1.54) is 6.07 Å². The van der Waals surface area contributed by atoms with Crippen LogP contribution in [-0.4, -0.2) is 29.4 Å². The number of hydrogen-bond donors (Lipinski definition) is 3. The normalized spacial score (nSPS) is 28.3. The number of nitrogens with one attached hydrogen (secondary N) is 2. The molecular formula is C29H38F2N4O2. The van der Waals surface area contributed by atoms with Crippen molar-refractivity contribution in [2.75, 3.05) is 11.9 Å². The summed E-state index contributed by atoms with van der Waals surface area (Å²) < 4.78 is 27.2. The number of halogens is 2. The Morgan fingerprint density at radius 1 is 1.14 bits per heavy atom. The lowest BCUT2D eigenvalue weighted by atomic mass is 9.54. The fraction of sp³-hybridized carbons (Fsp3) is 0.552. The second-order valence-corrected chi connectivity index (χ2v) is 11.9. The number of pyridine rings is 1. The topological polar surface area (TPSA) is 97.1 Å². The van der Waals surface area contributed by atoms with Gasteiger partial charge in [-0.05, 0) is 93.0 Å². The SMILES string of the molecule is CC1CC2CC(CC(C)(C(=O)Nc3ccncc3)C2)C1C(N)CNC(=O)C(C)(C)c1ccc(F)c(F)c1. The number of amides is 2. The number of nitrogens with zero attached hydrogens (tertiary/aromatic N) is 1. The Morgan fingerprint density at radius 2 is 1.84 bits per heavy atom. The van der Waals surface area contributed by atoms with E-state index < -0.39 is 22.5 Å². The highest BCUT2D eigenvalue weighted by Gasteiger charge is 2.50. The van der Waals surface area contributed by atoms with E-state index in [4.69, 9.17) is 5.73 Å². The molecule has 8 heteroatoms. The van der Waals surface area contributed by atoms with Gasteiger partial charge in [-0.25, -0.2) is 8.78 Å². The number of carbonyl (C=O) groups excluding carboxylic acids is 2. The molecule has 2 fully saturated rings. The smallest absolute Gasteiger partial charge is 0.230 e. The van der Waals surface area contributed by atoms with Crippen molar-refractivity contribution >= 4 is 17.5 Å². The highest BCUT2D eigenvalue weighted by atomic mass is 19.2. The van der Waals surface area contributed by atoms with E-state index in [0.29, 0.717) is 17.4 Å². The van der Waals surface area contributed by atoms with Gasteiger partial charge in [-0.2, -0.15) is 0 Å². The number of aromatic nitrogens is 1. The molecule has 1 aromatic heterocycles. The van der Waals surface area contributed by atoms with Crippen molar-refractivity contribution in [2.24, 2.45) is 34.8 Å². The number of carbonyl (C=O) groups is 2. The molecule has 2 bridgehead atoms. The van der Waals surface area contributed by atoms with Gasteiger partial charge in [-0.3, -0.25) is 14.6 Å². The molecule has 2 aliphatic rings. The van der Waals surface area contributed by atoms with Crippen LogP contribution in [0.1, 0.15) is 58.9 Å².